The third kappa shape index (κ3) is 3.36. The Morgan fingerprint density at radius 2 is 2.42 bits per heavy atom. The zero-order valence-corrected chi connectivity index (χ0v) is 11.6. The second kappa shape index (κ2) is 6.21. The molecule has 1 aromatic heterocycles. The highest BCUT2D eigenvalue weighted by molar-refractivity contribution is 6.33. The Bertz CT molecular complexity index is 465. The molecule has 1 aliphatic rings. The number of hydrogen-bond acceptors (Lipinski definition) is 4. The fourth-order valence-electron chi connectivity index (χ4n) is 2.40. The molecule has 2 rings (SSSR count). The fourth-order valence-corrected chi connectivity index (χ4v) is 2.59. The van der Waals surface area contributed by atoms with E-state index in [9.17, 15) is 4.79 Å². The van der Waals surface area contributed by atoms with Crippen molar-refractivity contribution < 1.29 is 14.6 Å². The first-order valence-corrected chi connectivity index (χ1v) is 6.63. The molecule has 0 spiro atoms. The van der Waals surface area contributed by atoms with E-state index in [-0.39, 0.29) is 10.7 Å². The molecule has 5 nitrogen and oxygen atoms in total. The summed E-state index contributed by atoms with van der Waals surface area (Å²) in [6, 6.07) is 3.36. The Morgan fingerprint density at radius 3 is 3.11 bits per heavy atom. The highest BCUT2D eigenvalue weighted by Crippen LogP contribution is 2.24. The first-order valence-electron chi connectivity index (χ1n) is 6.25. The summed E-state index contributed by atoms with van der Waals surface area (Å²) in [5.41, 5.74) is -0.0898. The van der Waals surface area contributed by atoms with E-state index in [4.69, 9.17) is 21.4 Å². The van der Waals surface area contributed by atoms with Crippen LogP contribution in [0.4, 0.5) is 5.82 Å². The number of hydrogen-bond donors (Lipinski definition) is 1. The Balaban J connectivity index is 2.17. The maximum absolute atomic E-state index is 11.0. The van der Waals surface area contributed by atoms with Gasteiger partial charge in [0.15, 0.2) is 5.69 Å². The van der Waals surface area contributed by atoms with Crippen LogP contribution >= 0.6 is 11.6 Å². The van der Waals surface area contributed by atoms with Gasteiger partial charge in [0.05, 0.1) is 11.6 Å². The van der Waals surface area contributed by atoms with E-state index in [1.54, 1.807) is 19.2 Å². The van der Waals surface area contributed by atoms with Crippen molar-refractivity contribution in [3.63, 3.8) is 0 Å². The quantitative estimate of drug-likeness (QED) is 0.919. The summed E-state index contributed by atoms with van der Waals surface area (Å²) in [5.74, 6) is 0.0319. The Morgan fingerprint density at radius 1 is 1.63 bits per heavy atom. The molecule has 1 atom stereocenters. The molecule has 0 radical (unpaired) electrons. The minimum atomic E-state index is -1.10. The standard InChI is InChI=1S/C13H17ClN2O3/c1-19-8-9-3-2-6-16(7-9)11-5-4-10(14)12(15-11)13(17)18/h4-5,9H,2-3,6-8H2,1H3,(H,17,18). The van der Waals surface area contributed by atoms with Gasteiger partial charge < -0.3 is 14.7 Å². The number of carbonyl (C=O) groups is 1. The monoisotopic (exact) mass is 284 g/mol. The zero-order valence-electron chi connectivity index (χ0n) is 10.8. The maximum atomic E-state index is 11.0. The molecule has 0 saturated carbocycles. The lowest BCUT2D eigenvalue weighted by Gasteiger charge is -2.33. The third-order valence-electron chi connectivity index (χ3n) is 3.28. The van der Waals surface area contributed by atoms with Crippen molar-refractivity contribution in [1.29, 1.82) is 0 Å². The Labute approximate surface area is 117 Å². The smallest absolute Gasteiger partial charge is 0.356 e. The second-order valence-electron chi connectivity index (χ2n) is 4.71. The Kier molecular flexibility index (Phi) is 4.61. The maximum Gasteiger partial charge on any atom is 0.356 e. The molecule has 0 aromatic carbocycles. The van der Waals surface area contributed by atoms with Gasteiger partial charge in [-0.1, -0.05) is 11.6 Å². The lowest BCUT2D eigenvalue weighted by atomic mass is 9.99. The molecular formula is C13H17ClN2O3. The molecule has 104 valence electrons. The average Bonchev–Trinajstić information content (AvgIpc) is 2.39. The number of carboxylic acid groups (broad SMARTS) is 1. The number of carboxylic acids is 1. The molecule has 0 aliphatic carbocycles. The number of ether oxygens (including phenoxy) is 1. The van der Waals surface area contributed by atoms with Gasteiger partial charge in [-0.05, 0) is 30.9 Å². The highest BCUT2D eigenvalue weighted by atomic mass is 35.5. The lowest BCUT2D eigenvalue weighted by Crippen LogP contribution is -2.37. The fraction of sp³-hybridized carbons (Fsp3) is 0.538. The van der Waals surface area contributed by atoms with Crippen molar-refractivity contribution in [3.8, 4) is 0 Å². The van der Waals surface area contributed by atoms with Crippen molar-refractivity contribution in [2.75, 3.05) is 31.7 Å². The number of pyridine rings is 1. The lowest BCUT2D eigenvalue weighted by molar-refractivity contribution is 0.0690. The van der Waals surface area contributed by atoms with E-state index in [1.165, 1.54) is 0 Å². The van der Waals surface area contributed by atoms with Gasteiger partial charge in [0.25, 0.3) is 0 Å². The summed E-state index contributed by atoms with van der Waals surface area (Å²) in [7, 11) is 1.70. The number of halogens is 1. The SMILES string of the molecule is COCC1CCCN(c2ccc(Cl)c(C(=O)O)n2)C1. The van der Waals surface area contributed by atoms with Crippen LogP contribution in [0, 0.1) is 5.92 Å². The molecular weight excluding hydrogens is 268 g/mol. The van der Waals surface area contributed by atoms with Gasteiger partial charge in [0.2, 0.25) is 0 Å². The normalized spacial score (nSPS) is 19.5. The molecule has 1 N–H and O–H groups in total. The molecule has 1 fully saturated rings. The summed E-state index contributed by atoms with van der Waals surface area (Å²) in [6.07, 6.45) is 2.18. The van der Waals surface area contributed by atoms with E-state index >= 15 is 0 Å². The van der Waals surface area contributed by atoms with Crippen LogP contribution in [-0.2, 0) is 4.74 Å². The van der Waals surface area contributed by atoms with Crippen molar-refractivity contribution >= 4 is 23.4 Å². The molecule has 0 bridgehead atoms. The first-order chi connectivity index (χ1) is 9.11. The predicted molar refractivity (Wildman–Crippen MR) is 73.0 cm³/mol. The molecule has 19 heavy (non-hydrogen) atoms. The van der Waals surface area contributed by atoms with Crippen LogP contribution in [0.1, 0.15) is 23.3 Å². The van der Waals surface area contributed by atoms with Crippen LogP contribution in [0.3, 0.4) is 0 Å². The molecule has 1 aliphatic heterocycles. The third-order valence-corrected chi connectivity index (χ3v) is 3.58. The number of nitrogens with zero attached hydrogens (tertiary/aromatic N) is 2. The first kappa shape index (κ1) is 14.1. The van der Waals surface area contributed by atoms with Crippen molar-refractivity contribution in [1.82, 2.24) is 4.98 Å². The minimum Gasteiger partial charge on any atom is -0.476 e. The van der Waals surface area contributed by atoms with Gasteiger partial charge in [-0.25, -0.2) is 9.78 Å². The number of anilines is 1. The number of rotatable bonds is 4. The second-order valence-corrected chi connectivity index (χ2v) is 5.12. The zero-order chi connectivity index (χ0) is 13.8. The van der Waals surface area contributed by atoms with Gasteiger partial charge in [-0.15, -0.1) is 0 Å². The Hall–Kier alpha value is -1.33. The molecule has 1 saturated heterocycles. The minimum absolute atomic E-state index is 0.0898. The average molecular weight is 285 g/mol. The van der Waals surface area contributed by atoms with Crippen LogP contribution in [0.5, 0.6) is 0 Å². The number of aromatic carboxylic acids is 1. The van der Waals surface area contributed by atoms with Gasteiger partial charge in [0.1, 0.15) is 5.82 Å². The number of piperidine rings is 1. The van der Waals surface area contributed by atoms with Gasteiger partial charge in [0, 0.05) is 20.2 Å². The summed E-state index contributed by atoms with van der Waals surface area (Å²) >= 11 is 5.83. The highest BCUT2D eigenvalue weighted by Gasteiger charge is 2.22. The van der Waals surface area contributed by atoms with Crippen molar-refractivity contribution in [2.24, 2.45) is 5.92 Å². The molecule has 1 aromatic rings. The van der Waals surface area contributed by atoms with Gasteiger partial charge in [-0.3, -0.25) is 0 Å². The molecule has 6 heteroatoms. The van der Waals surface area contributed by atoms with Crippen molar-refractivity contribution in [3.05, 3.63) is 22.8 Å². The van der Waals surface area contributed by atoms with Crippen LogP contribution in [0.25, 0.3) is 0 Å². The molecule has 0 amide bonds. The van der Waals surface area contributed by atoms with Crippen molar-refractivity contribution in [2.45, 2.75) is 12.8 Å². The van der Waals surface area contributed by atoms with E-state index in [0.29, 0.717) is 11.7 Å². The van der Waals surface area contributed by atoms with E-state index in [1.807, 2.05) is 0 Å². The van der Waals surface area contributed by atoms with E-state index in [0.717, 1.165) is 32.5 Å². The summed E-state index contributed by atoms with van der Waals surface area (Å²) in [6.45, 7) is 2.44. The summed E-state index contributed by atoms with van der Waals surface area (Å²) in [4.78, 5) is 17.3. The van der Waals surface area contributed by atoms with Crippen LogP contribution in [0.15, 0.2) is 12.1 Å². The van der Waals surface area contributed by atoms with E-state index < -0.39 is 5.97 Å². The molecule has 2 heterocycles. The van der Waals surface area contributed by atoms with Crippen LogP contribution in [-0.4, -0.2) is 42.9 Å². The van der Waals surface area contributed by atoms with Gasteiger partial charge >= 0.3 is 5.97 Å². The van der Waals surface area contributed by atoms with Gasteiger partial charge in [-0.2, -0.15) is 0 Å². The number of methoxy groups -OCH3 is 1. The largest absolute Gasteiger partial charge is 0.476 e. The van der Waals surface area contributed by atoms with Crippen LogP contribution in [0.2, 0.25) is 5.02 Å². The van der Waals surface area contributed by atoms with Crippen LogP contribution < -0.4 is 4.90 Å². The number of aromatic nitrogens is 1. The van der Waals surface area contributed by atoms with E-state index in [2.05, 4.69) is 9.88 Å². The predicted octanol–water partition coefficient (Wildman–Crippen LogP) is 2.30. The topological polar surface area (TPSA) is 62.7 Å². The molecule has 1 unspecified atom stereocenters. The summed E-state index contributed by atoms with van der Waals surface area (Å²) in [5, 5.41) is 9.21. The summed E-state index contributed by atoms with van der Waals surface area (Å²) < 4.78 is 5.18.